The van der Waals surface area contributed by atoms with Gasteiger partial charge in [-0.25, -0.2) is 0 Å². The summed E-state index contributed by atoms with van der Waals surface area (Å²) in [4.78, 5) is 12.1. The van der Waals surface area contributed by atoms with Crippen molar-refractivity contribution < 1.29 is 4.79 Å². The van der Waals surface area contributed by atoms with Gasteiger partial charge >= 0.3 is 0 Å². The van der Waals surface area contributed by atoms with Crippen LogP contribution in [-0.2, 0) is 6.54 Å². The molecule has 0 aliphatic carbocycles. The number of hydrogen-bond donors (Lipinski definition) is 1. The van der Waals surface area contributed by atoms with Crippen molar-refractivity contribution in [2.24, 2.45) is 0 Å². The van der Waals surface area contributed by atoms with Crippen LogP contribution in [0.3, 0.4) is 0 Å². The molecule has 15 heavy (non-hydrogen) atoms. The molecule has 4 heteroatoms. The highest BCUT2D eigenvalue weighted by atomic mass is 16.1. The van der Waals surface area contributed by atoms with Gasteiger partial charge in [0.05, 0.1) is 6.04 Å². The zero-order chi connectivity index (χ0) is 10.7. The van der Waals surface area contributed by atoms with E-state index in [2.05, 4.69) is 10.4 Å². The van der Waals surface area contributed by atoms with Crippen LogP contribution in [0.25, 0.3) is 0 Å². The lowest BCUT2D eigenvalue weighted by Gasteiger charge is -2.22. The van der Waals surface area contributed by atoms with E-state index in [1.165, 1.54) is 6.42 Å². The molecule has 1 fully saturated rings. The average Bonchev–Trinajstić information content (AvgIpc) is 2.77. The number of nitrogens with zero attached hydrogens (tertiary/aromatic N) is 2. The van der Waals surface area contributed by atoms with Crippen LogP contribution in [0.2, 0.25) is 0 Å². The number of piperidine rings is 1. The second kappa shape index (κ2) is 4.57. The average molecular weight is 207 g/mol. The van der Waals surface area contributed by atoms with Crippen molar-refractivity contribution in [3.63, 3.8) is 0 Å². The highest BCUT2D eigenvalue weighted by molar-refractivity contribution is 5.98. The molecule has 1 saturated heterocycles. The van der Waals surface area contributed by atoms with E-state index < -0.39 is 0 Å². The van der Waals surface area contributed by atoms with Gasteiger partial charge in [-0.1, -0.05) is 6.42 Å². The Balaban J connectivity index is 2.12. The van der Waals surface area contributed by atoms with Crippen molar-refractivity contribution in [3.05, 3.63) is 18.0 Å². The number of Topliss-reactive ketones (excluding diaryl/α,β-unsaturated/α-hetero) is 1. The maximum Gasteiger partial charge on any atom is 0.197 e. The fraction of sp³-hybridized carbons (Fsp3) is 0.636. The smallest absolute Gasteiger partial charge is 0.197 e. The van der Waals surface area contributed by atoms with Crippen LogP contribution in [0.15, 0.2) is 12.3 Å². The Kier molecular flexibility index (Phi) is 3.16. The molecule has 4 nitrogen and oxygen atoms in total. The monoisotopic (exact) mass is 207 g/mol. The number of carbonyl (C=O) groups excluding carboxylic acids is 1. The van der Waals surface area contributed by atoms with E-state index in [1.54, 1.807) is 10.9 Å². The van der Waals surface area contributed by atoms with Crippen LogP contribution in [0, 0.1) is 0 Å². The van der Waals surface area contributed by atoms with Gasteiger partial charge in [-0.2, -0.15) is 5.10 Å². The molecule has 1 unspecified atom stereocenters. The second-order valence-corrected chi connectivity index (χ2v) is 3.90. The normalized spacial score (nSPS) is 21.5. The van der Waals surface area contributed by atoms with Crippen molar-refractivity contribution >= 4 is 5.78 Å². The van der Waals surface area contributed by atoms with Gasteiger partial charge in [-0.05, 0) is 32.4 Å². The Labute approximate surface area is 89.7 Å². The van der Waals surface area contributed by atoms with E-state index in [1.807, 2.05) is 13.0 Å². The minimum absolute atomic E-state index is 0.000694. The van der Waals surface area contributed by atoms with Crippen LogP contribution in [0.4, 0.5) is 0 Å². The molecular formula is C11H17N3O. The van der Waals surface area contributed by atoms with Gasteiger partial charge in [-0.15, -0.1) is 0 Å². The number of hydrogen-bond acceptors (Lipinski definition) is 3. The molecule has 1 aliphatic rings. The maximum absolute atomic E-state index is 12.1. The topological polar surface area (TPSA) is 46.9 Å². The van der Waals surface area contributed by atoms with Crippen LogP contribution < -0.4 is 5.32 Å². The van der Waals surface area contributed by atoms with Crippen molar-refractivity contribution in [3.8, 4) is 0 Å². The standard InChI is InChI=1S/C11H17N3O/c1-2-14-10(6-8-13-14)11(15)9-5-3-4-7-12-9/h6,8-9,12H,2-5,7H2,1H3. The zero-order valence-electron chi connectivity index (χ0n) is 9.07. The van der Waals surface area contributed by atoms with Gasteiger partial charge in [0.15, 0.2) is 5.78 Å². The molecule has 1 atom stereocenters. The Hall–Kier alpha value is -1.16. The van der Waals surface area contributed by atoms with E-state index in [0.29, 0.717) is 0 Å². The van der Waals surface area contributed by atoms with E-state index in [-0.39, 0.29) is 11.8 Å². The van der Waals surface area contributed by atoms with E-state index >= 15 is 0 Å². The predicted molar refractivity (Wildman–Crippen MR) is 57.9 cm³/mol. The Bertz CT molecular complexity index is 339. The van der Waals surface area contributed by atoms with Gasteiger partial charge < -0.3 is 5.32 Å². The second-order valence-electron chi connectivity index (χ2n) is 3.90. The van der Waals surface area contributed by atoms with Gasteiger partial charge in [0.2, 0.25) is 0 Å². The first kappa shape index (κ1) is 10.4. The van der Waals surface area contributed by atoms with Gasteiger partial charge in [0.25, 0.3) is 0 Å². The fourth-order valence-corrected chi connectivity index (χ4v) is 2.05. The first-order valence-electron chi connectivity index (χ1n) is 5.62. The highest BCUT2D eigenvalue weighted by Crippen LogP contribution is 2.12. The molecule has 2 rings (SSSR count). The van der Waals surface area contributed by atoms with Crippen LogP contribution in [0.1, 0.15) is 36.7 Å². The van der Waals surface area contributed by atoms with Gasteiger partial charge in [-0.3, -0.25) is 9.48 Å². The summed E-state index contributed by atoms with van der Waals surface area (Å²) in [6, 6.07) is 1.81. The summed E-state index contributed by atoms with van der Waals surface area (Å²) < 4.78 is 1.76. The van der Waals surface area contributed by atoms with E-state index in [0.717, 1.165) is 31.6 Å². The summed E-state index contributed by atoms with van der Waals surface area (Å²) in [5, 5.41) is 7.39. The van der Waals surface area contributed by atoms with Crippen LogP contribution in [-0.4, -0.2) is 28.2 Å². The van der Waals surface area contributed by atoms with Crippen molar-refractivity contribution in [1.82, 2.24) is 15.1 Å². The molecule has 2 heterocycles. The number of aryl methyl sites for hydroxylation is 1. The van der Waals surface area contributed by atoms with Crippen molar-refractivity contribution in [2.45, 2.75) is 38.8 Å². The van der Waals surface area contributed by atoms with Gasteiger partial charge in [0, 0.05) is 12.7 Å². The molecule has 0 spiro atoms. The summed E-state index contributed by atoms with van der Waals surface area (Å²) >= 11 is 0. The fourth-order valence-electron chi connectivity index (χ4n) is 2.05. The van der Waals surface area contributed by atoms with Crippen molar-refractivity contribution in [2.75, 3.05) is 6.54 Å². The molecule has 1 aromatic heterocycles. The molecule has 0 amide bonds. The SMILES string of the molecule is CCn1nccc1C(=O)C1CCCCN1. The largest absolute Gasteiger partial charge is 0.307 e. The molecule has 0 aromatic carbocycles. The molecular weight excluding hydrogens is 190 g/mol. The Morgan fingerprint density at radius 1 is 1.67 bits per heavy atom. The van der Waals surface area contributed by atoms with Crippen LogP contribution in [0.5, 0.6) is 0 Å². The Morgan fingerprint density at radius 3 is 3.20 bits per heavy atom. The minimum atomic E-state index is 0.000694. The zero-order valence-corrected chi connectivity index (χ0v) is 9.07. The quantitative estimate of drug-likeness (QED) is 0.758. The molecule has 0 radical (unpaired) electrons. The first-order chi connectivity index (χ1) is 7.33. The summed E-state index contributed by atoms with van der Waals surface area (Å²) in [6.07, 6.45) is 4.97. The molecule has 0 bridgehead atoms. The summed E-state index contributed by atoms with van der Waals surface area (Å²) in [5.74, 6) is 0.189. The Morgan fingerprint density at radius 2 is 2.53 bits per heavy atom. The molecule has 82 valence electrons. The lowest BCUT2D eigenvalue weighted by atomic mass is 9.99. The third kappa shape index (κ3) is 2.09. The molecule has 1 N–H and O–H groups in total. The highest BCUT2D eigenvalue weighted by Gasteiger charge is 2.23. The third-order valence-electron chi connectivity index (χ3n) is 2.90. The lowest BCUT2D eigenvalue weighted by molar-refractivity contribution is 0.0916. The maximum atomic E-state index is 12.1. The third-order valence-corrected chi connectivity index (χ3v) is 2.90. The van der Waals surface area contributed by atoms with E-state index in [4.69, 9.17) is 0 Å². The van der Waals surface area contributed by atoms with E-state index in [9.17, 15) is 4.79 Å². The summed E-state index contributed by atoms with van der Waals surface area (Å²) in [6.45, 7) is 3.70. The minimum Gasteiger partial charge on any atom is -0.307 e. The van der Waals surface area contributed by atoms with Crippen LogP contribution >= 0.6 is 0 Å². The number of nitrogens with one attached hydrogen (secondary N) is 1. The molecule has 1 aromatic rings. The number of ketones is 1. The lowest BCUT2D eigenvalue weighted by Crippen LogP contribution is -2.41. The first-order valence-corrected chi connectivity index (χ1v) is 5.62. The predicted octanol–water partition coefficient (Wildman–Crippen LogP) is 1.23. The number of aromatic nitrogens is 2. The summed E-state index contributed by atoms with van der Waals surface area (Å²) in [5.41, 5.74) is 0.733. The van der Waals surface area contributed by atoms with Gasteiger partial charge in [0.1, 0.15) is 5.69 Å². The van der Waals surface area contributed by atoms with Crippen molar-refractivity contribution in [1.29, 1.82) is 0 Å². The number of rotatable bonds is 3. The molecule has 0 saturated carbocycles. The summed E-state index contributed by atoms with van der Waals surface area (Å²) in [7, 11) is 0. The number of carbonyl (C=O) groups is 1. The molecule has 1 aliphatic heterocycles.